The highest BCUT2D eigenvalue weighted by molar-refractivity contribution is 6.05. The predicted molar refractivity (Wildman–Crippen MR) is 127 cm³/mol. The second-order valence-corrected chi connectivity index (χ2v) is 8.61. The lowest BCUT2D eigenvalue weighted by Crippen LogP contribution is -2.31. The number of esters is 2. The maximum absolute atomic E-state index is 12.9. The molecule has 1 aromatic carbocycles. The number of carbonyl (C=O) groups is 3. The number of pyridine rings is 1. The zero-order valence-electron chi connectivity index (χ0n) is 19.5. The number of hydrogen-bond donors (Lipinski definition) is 3. The highest BCUT2D eigenvalue weighted by Gasteiger charge is 2.28. The number of aromatic amines is 1. The molecule has 0 spiro atoms. The molecule has 0 aliphatic carbocycles. The number of nitrogens with zero attached hydrogens (tertiary/aromatic N) is 1. The molecule has 9 nitrogen and oxygen atoms in total. The van der Waals surface area contributed by atoms with Crippen molar-refractivity contribution in [1.82, 2.24) is 9.97 Å². The van der Waals surface area contributed by atoms with Crippen LogP contribution in [0.3, 0.4) is 0 Å². The number of ether oxygens (including phenoxy) is 2. The van der Waals surface area contributed by atoms with E-state index < -0.39 is 23.5 Å². The third-order valence-electron chi connectivity index (χ3n) is 4.96. The van der Waals surface area contributed by atoms with Crippen molar-refractivity contribution >= 4 is 23.5 Å². The number of anilines is 1. The molecule has 0 radical (unpaired) electrons. The topological polar surface area (TPSA) is 136 Å². The number of H-pyrrole nitrogens is 1. The fourth-order valence-electron chi connectivity index (χ4n) is 3.39. The van der Waals surface area contributed by atoms with E-state index in [0.717, 1.165) is 0 Å². The molecule has 0 fully saturated rings. The number of nitrogens with two attached hydrogens (primary N) is 1. The van der Waals surface area contributed by atoms with Gasteiger partial charge in [0.1, 0.15) is 11.3 Å². The summed E-state index contributed by atoms with van der Waals surface area (Å²) < 4.78 is 10.3. The molecule has 0 saturated heterocycles. The number of methoxy groups -OCH3 is 1. The molecule has 0 saturated carbocycles. The summed E-state index contributed by atoms with van der Waals surface area (Å²) in [5, 5.41) is 2.81. The van der Waals surface area contributed by atoms with Gasteiger partial charge in [0.2, 0.25) is 0 Å². The van der Waals surface area contributed by atoms with Crippen LogP contribution in [0.5, 0.6) is 0 Å². The largest absolute Gasteiger partial charge is 0.464 e. The number of rotatable bonds is 7. The highest BCUT2D eigenvalue weighted by Crippen LogP contribution is 2.33. The first-order chi connectivity index (χ1) is 16.1. The number of carbonyl (C=O) groups excluding carboxylic acids is 3. The fraction of sp³-hybridized carbons (Fsp3) is 0.280. The summed E-state index contributed by atoms with van der Waals surface area (Å²) >= 11 is 0. The van der Waals surface area contributed by atoms with E-state index in [-0.39, 0.29) is 18.1 Å². The Balaban J connectivity index is 2.05. The van der Waals surface area contributed by atoms with E-state index in [1.165, 1.54) is 7.11 Å². The van der Waals surface area contributed by atoms with Crippen LogP contribution in [0.15, 0.2) is 55.0 Å². The molecule has 2 aromatic heterocycles. The van der Waals surface area contributed by atoms with Crippen molar-refractivity contribution in [2.45, 2.75) is 32.3 Å². The van der Waals surface area contributed by atoms with E-state index in [2.05, 4.69) is 15.3 Å². The van der Waals surface area contributed by atoms with E-state index >= 15 is 0 Å². The summed E-state index contributed by atoms with van der Waals surface area (Å²) in [5.74, 6) is -2.14. The summed E-state index contributed by atoms with van der Waals surface area (Å²) in [7, 11) is 1.28. The maximum atomic E-state index is 12.9. The third kappa shape index (κ3) is 5.87. The number of amides is 1. The van der Waals surface area contributed by atoms with Gasteiger partial charge in [-0.25, -0.2) is 4.79 Å². The van der Waals surface area contributed by atoms with Gasteiger partial charge in [0, 0.05) is 41.9 Å². The molecule has 1 amide bonds. The molecule has 1 atom stereocenters. The van der Waals surface area contributed by atoms with E-state index in [9.17, 15) is 14.4 Å². The Bertz CT molecular complexity index is 1180. The Morgan fingerprint density at radius 1 is 1.12 bits per heavy atom. The number of aromatic nitrogens is 2. The van der Waals surface area contributed by atoms with Crippen LogP contribution in [-0.4, -0.2) is 47.1 Å². The Kier molecular flexibility index (Phi) is 7.47. The SMILES string of the molecule is COC(=O)c1cc(-c2cc(C(=O)Nc3ccncc3)ccc2C(CN)C(=O)OC(C)(C)C)c[nH]1. The van der Waals surface area contributed by atoms with Gasteiger partial charge in [-0.1, -0.05) is 6.07 Å². The monoisotopic (exact) mass is 464 g/mol. The predicted octanol–water partition coefficient (Wildman–Crippen LogP) is 3.50. The van der Waals surface area contributed by atoms with Gasteiger partial charge in [-0.3, -0.25) is 14.6 Å². The first-order valence-electron chi connectivity index (χ1n) is 10.7. The summed E-state index contributed by atoms with van der Waals surface area (Å²) in [6.07, 6.45) is 4.76. The average Bonchev–Trinajstić information content (AvgIpc) is 3.29. The van der Waals surface area contributed by atoms with Gasteiger partial charge in [-0.05, 0) is 62.2 Å². The van der Waals surface area contributed by atoms with Crippen molar-refractivity contribution in [1.29, 1.82) is 0 Å². The van der Waals surface area contributed by atoms with Gasteiger partial charge >= 0.3 is 11.9 Å². The minimum atomic E-state index is -0.775. The molecule has 2 heterocycles. The molecular weight excluding hydrogens is 436 g/mol. The maximum Gasteiger partial charge on any atom is 0.354 e. The van der Waals surface area contributed by atoms with Crippen LogP contribution in [-0.2, 0) is 14.3 Å². The van der Waals surface area contributed by atoms with Crippen LogP contribution in [0.25, 0.3) is 11.1 Å². The van der Waals surface area contributed by atoms with Gasteiger partial charge in [0.15, 0.2) is 0 Å². The van der Waals surface area contributed by atoms with Crippen molar-refractivity contribution in [3.05, 3.63) is 71.8 Å². The summed E-state index contributed by atoms with van der Waals surface area (Å²) in [4.78, 5) is 44.6. The lowest BCUT2D eigenvalue weighted by Gasteiger charge is -2.25. The number of nitrogens with one attached hydrogen (secondary N) is 2. The lowest BCUT2D eigenvalue weighted by atomic mass is 9.89. The quantitative estimate of drug-likeness (QED) is 0.455. The second kappa shape index (κ2) is 10.3. The minimum absolute atomic E-state index is 0.00124. The molecule has 4 N–H and O–H groups in total. The van der Waals surface area contributed by atoms with Crippen LogP contribution >= 0.6 is 0 Å². The molecule has 3 aromatic rings. The zero-order valence-corrected chi connectivity index (χ0v) is 19.5. The Labute approximate surface area is 197 Å². The van der Waals surface area contributed by atoms with E-state index in [1.54, 1.807) is 75.8 Å². The summed E-state index contributed by atoms with van der Waals surface area (Å²) in [5.41, 5.74) is 8.20. The molecule has 1 unspecified atom stereocenters. The Morgan fingerprint density at radius 3 is 2.44 bits per heavy atom. The Hall–Kier alpha value is -3.98. The molecule has 0 aliphatic heterocycles. The van der Waals surface area contributed by atoms with E-state index in [4.69, 9.17) is 15.2 Å². The summed E-state index contributed by atoms with van der Waals surface area (Å²) in [6, 6.07) is 9.91. The first-order valence-corrected chi connectivity index (χ1v) is 10.7. The van der Waals surface area contributed by atoms with Crippen LogP contribution in [0.4, 0.5) is 5.69 Å². The molecular formula is C25H28N4O5. The molecule has 0 bridgehead atoms. The molecule has 0 aliphatic rings. The fourth-order valence-corrected chi connectivity index (χ4v) is 3.39. The molecule has 178 valence electrons. The van der Waals surface area contributed by atoms with Crippen LogP contribution in [0.1, 0.15) is 53.1 Å². The average molecular weight is 465 g/mol. The van der Waals surface area contributed by atoms with Crippen LogP contribution < -0.4 is 11.1 Å². The van der Waals surface area contributed by atoms with Crippen molar-refractivity contribution in [2.75, 3.05) is 19.0 Å². The van der Waals surface area contributed by atoms with Gasteiger partial charge < -0.3 is 25.5 Å². The second-order valence-electron chi connectivity index (χ2n) is 8.61. The standard InChI is InChI=1S/C25H28N4O5/c1-25(2,3)34-23(31)20(13-26)18-6-5-15(22(30)29-17-7-9-27-10-8-17)11-19(18)16-12-21(28-14-16)24(32)33-4/h5-12,14,20,28H,13,26H2,1-4H3,(H,27,29,30). The van der Waals surface area contributed by atoms with Crippen molar-refractivity contribution in [2.24, 2.45) is 5.73 Å². The molecule has 3 rings (SSSR count). The normalized spacial score (nSPS) is 12.0. The zero-order chi connectivity index (χ0) is 24.9. The highest BCUT2D eigenvalue weighted by atomic mass is 16.6. The molecule has 34 heavy (non-hydrogen) atoms. The molecule has 9 heteroatoms. The van der Waals surface area contributed by atoms with Crippen molar-refractivity contribution in [3.8, 4) is 11.1 Å². The minimum Gasteiger partial charge on any atom is -0.464 e. The van der Waals surface area contributed by atoms with Gasteiger partial charge in [-0.15, -0.1) is 0 Å². The van der Waals surface area contributed by atoms with Crippen molar-refractivity contribution in [3.63, 3.8) is 0 Å². The number of benzene rings is 1. The first kappa shape index (κ1) is 24.7. The van der Waals surface area contributed by atoms with Crippen LogP contribution in [0, 0.1) is 0 Å². The van der Waals surface area contributed by atoms with Crippen LogP contribution in [0.2, 0.25) is 0 Å². The number of hydrogen-bond acceptors (Lipinski definition) is 7. The van der Waals surface area contributed by atoms with Crippen molar-refractivity contribution < 1.29 is 23.9 Å². The van der Waals surface area contributed by atoms with Gasteiger partial charge in [-0.2, -0.15) is 0 Å². The van der Waals surface area contributed by atoms with Gasteiger partial charge in [0.25, 0.3) is 5.91 Å². The third-order valence-corrected chi connectivity index (χ3v) is 4.96. The van der Waals surface area contributed by atoms with E-state index in [0.29, 0.717) is 27.9 Å². The summed E-state index contributed by atoms with van der Waals surface area (Å²) in [6.45, 7) is 5.33. The van der Waals surface area contributed by atoms with Gasteiger partial charge in [0.05, 0.1) is 13.0 Å². The Morgan fingerprint density at radius 2 is 1.82 bits per heavy atom. The van der Waals surface area contributed by atoms with E-state index in [1.807, 2.05) is 0 Å². The lowest BCUT2D eigenvalue weighted by molar-refractivity contribution is -0.156. The smallest absolute Gasteiger partial charge is 0.354 e.